The fraction of sp³-hybridized carbons (Fsp3) is 0.0952. The van der Waals surface area contributed by atoms with Gasteiger partial charge in [-0.15, -0.1) is 0 Å². The van der Waals surface area contributed by atoms with Gasteiger partial charge in [-0.05, 0) is 42.5 Å². The Labute approximate surface area is 184 Å². The Morgan fingerprint density at radius 2 is 1.68 bits per heavy atom. The molecule has 31 heavy (non-hydrogen) atoms. The summed E-state index contributed by atoms with van der Waals surface area (Å²) in [6.45, 7) is 0. The Morgan fingerprint density at radius 3 is 2.35 bits per heavy atom. The van der Waals surface area contributed by atoms with Gasteiger partial charge in [0.1, 0.15) is 5.75 Å². The highest BCUT2D eigenvalue weighted by Crippen LogP contribution is 2.34. The molecule has 0 saturated heterocycles. The van der Waals surface area contributed by atoms with E-state index >= 15 is 0 Å². The molecule has 0 bridgehead atoms. The fourth-order valence-corrected chi connectivity index (χ4v) is 4.22. The smallest absolute Gasteiger partial charge is 0.332 e. The summed E-state index contributed by atoms with van der Waals surface area (Å²) in [7, 11) is 3.00. The van der Waals surface area contributed by atoms with Crippen LogP contribution in [0.2, 0.25) is 10.0 Å². The second kappa shape index (κ2) is 6.76. The first-order chi connectivity index (χ1) is 14.8. The average molecular weight is 456 g/mol. The Hall–Kier alpha value is -3.49. The van der Waals surface area contributed by atoms with Crippen LogP contribution in [0.1, 0.15) is 0 Å². The van der Waals surface area contributed by atoms with E-state index in [1.165, 1.54) is 11.6 Å². The molecular formula is C21H15Cl2N5O3. The van der Waals surface area contributed by atoms with Crippen LogP contribution >= 0.6 is 23.2 Å². The summed E-state index contributed by atoms with van der Waals surface area (Å²) in [6.07, 6.45) is 1.75. The quantitative estimate of drug-likeness (QED) is 0.442. The molecule has 2 aromatic carbocycles. The third kappa shape index (κ3) is 2.79. The van der Waals surface area contributed by atoms with Crippen molar-refractivity contribution in [2.75, 3.05) is 0 Å². The van der Waals surface area contributed by atoms with Crippen LogP contribution in [-0.4, -0.2) is 28.2 Å². The van der Waals surface area contributed by atoms with Crippen LogP contribution in [-0.2, 0) is 14.1 Å². The van der Waals surface area contributed by atoms with E-state index in [-0.39, 0.29) is 16.9 Å². The van der Waals surface area contributed by atoms with E-state index in [0.717, 1.165) is 4.57 Å². The summed E-state index contributed by atoms with van der Waals surface area (Å²) in [6, 6.07) is 11.7. The minimum atomic E-state index is -0.463. The monoisotopic (exact) mass is 455 g/mol. The van der Waals surface area contributed by atoms with Gasteiger partial charge in [0.05, 0.1) is 10.7 Å². The molecule has 0 fully saturated rings. The molecule has 0 aliphatic heterocycles. The molecule has 3 aromatic heterocycles. The predicted octanol–water partition coefficient (Wildman–Crippen LogP) is 3.36. The minimum Gasteiger partial charge on any atom is -0.508 e. The molecule has 0 unspecified atom stereocenters. The van der Waals surface area contributed by atoms with Crippen molar-refractivity contribution in [2.24, 2.45) is 14.1 Å². The number of hydrogen-bond donors (Lipinski definition) is 1. The van der Waals surface area contributed by atoms with Gasteiger partial charge in [-0.2, -0.15) is 4.98 Å². The number of imidazole rings is 2. The van der Waals surface area contributed by atoms with Crippen LogP contribution in [0.25, 0.3) is 33.9 Å². The molecule has 5 aromatic rings. The zero-order valence-corrected chi connectivity index (χ0v) is 17.9. The van der Waals surface area contributed by atoms with Crippen molar-refractivity contribution < 1.29 is 5.11 Å². The molecule has 0 radical (unpaired) electrons. The Balaban J connectivity index is 1.97. The lowest BCUT2D eigenvalue weighted by Crippen LogP contribution is -2.37. The number of phenolic OH excluding ortho intramolecular Hbond substituents is 1. The van der Waals surface area contributed by atoms with Crippen molar-refractivity contribution in [3.05, 3.63) is 79.5 Å². The van der Waals surface area contributed by atoms with Gasteiger partial charge in [0, 0.05) is 36.6 Å². The molecule has 10 heteroatoms. The molecule has 156 valence electrons. The van der Waals surface area contributed by atoms with Crippen LogP contribution in [0, 0.1) is 0 Å². The number of aromatic hydroxyl groups is 1. The lowest BCUT2D eigenvalue weighted by molar-refractivity contribution is 0.475. The van der Waals surface area contributed by atoms with Crippen molar-refractivity contribution in [1.29, 1.82) is 0 Å². The van der Waals surface area contributed by atoms with Crippen molar-refractivity contribution >= 4 is 40.1 Å². The maximum Gasteiger partial charge on any atom is 0.332 e. The maximum atomic E-state index is 12.9. The topological polar surface area (TPSA) is 86.5 Å². The zero-order valence-electron chi connectivity index (χ0n) is 16.4. The van der Waals surface area contributed by atoms with Gasteiger partial charge in [0.2, 0.25) is 5.78 Å². The zero-order chi connectivity index (χ0) is 22.0. The number of benzene rings is 2. The largest absolute Gasteiger partial charge is 0.508 e. The SMILES string of the molecule is Cn1c(=O)c2c(nc3n(-c4ccc(O)cc4)c(-c4ccc(Cl)cc4Cl)cn23)n(C)c1=O. The fourth-order valence-electron chi connectivity index (χ4n) is 3.71. The highest BCUT2D eigenvalue weighted by molar-refractivity contribution is 6.36. The average Bonchev–Trinajstić information content (AvgIpc) is 3.28. The number of halogens is 2. The van der Waals surface area contributed by atoms with Crippen LogP contribution < -0.4 is 11.2 Å². The highest BCUT2D eigenvalue weighted by Gasteiger charge is 2.22. The summed E-state index contributed by atoms with van der Waals surface area (Å²) < 4.78 is 5.83. The number of phenols is 1. The molecule has 3 heterocycles. The normalized spacial score (nSPS) is 11.6. The van der Waals surface area contributed by atoms with E-state index < -0.39 is 11.2 Å². The summed E-state index contributed by atoms with van der Waals surface area (Å²) >= 11 is 12.6. The summed E-state index contributed by atoms with van der Waals surface area (Å²) in [4.78, 5) is 29.9. The molecule has 8 nitrogen and oxygen atoms in total. The van der Waals surface area contributed by atoms with E-state index in [9.17, 15) is 14.7 Å². The van der Waals surface area contributed by atoms with Crippen LogP contribution in [0.5, 0.6) is 5.75 Å². The number of aryl methyl sites for hydroxylation is 1. The number of aromatic nitrogens is 5. The lowest BCUT2D eigenvalue weighted by Gasteiger charge is -2.11. The predicted molar refractivity (Wildman–Crippen MR) is 120 cm³/mol. The van der Waals surface area contributed by atoms with E-state index in [1.54, 1.807) is 64.7 Å². The standard InChI is InChI=1S/C21H15Cl2N5O3/c1-25-18-17(19(30)26(2)21(25)31)27-10-16(14-8-3-11(22)9-15(14)23)28(20(27)24-18)12-4-6-13(29)7-5-12/h3-10,29H,1-2H3. The molecule has 1 N–H and O–H groups in total. The van der Waals surface area contributed by atoms with E-state index in [4.69, 9.17) is 23.2 Å². The first-order valence-electron chi connectivity index (χ1n) is 9.22. The number of nitrogens with zero attached hydrogens (tertiary/aromatic N) is 5. The first kappa shape index (κ1) is 19.5. The third-order valence-corrected chi connectivity index (χ3v) is 5.83. The van der Waals surface area contributed by atoms with Crippen molar-refractivity contribution in [3.63, 3.8) is 0 Å². The molecule has 0 aliphatic rings. The lowest BCUT2D eigenvalue weighted by atomic mass is 10.1. The third-order valence-electron chi connectivity index (χ3n) is 5.28. The molecule has 0 saturated carbocycles. The molecule has 0 atom stereocenters. The van der Waals surface area contributed by atoms with Gasteiger partial charge in [0.15, 0.2) is 11.2 Å². The Bertz CT molecular complexity index is 1620. The second-order valence-corrected chi connectivity index (χ2v) is 7.99. The van der Waals surface area contributed by atoms with Gasteiger partial charge in [-0.1, -0.05) is 23.2 Å². The van der Waals surface area contributed by atoms with Crippen molar-refractivity contribution in [2.45, 2.75) is 0 Å². The number of rotatable bonds is 2. The van der Waals surface area contributed by atoms with Crippen molar-refractivity contribution in [1.82, 2.24) is 23.1 Å². The van der Waals surface area contributed by atoms with Gasteiger partial charge in [0.25, 0.3) is 5.56 Å². The molecule has 0 amide bonds. The van der Waals surface area contributed by atoms with E-state index in [0.29, 0.717) is 32.8 Å². The van der Waals surface area contributed by atoms with Crippen molar-refractivity contribution in [3.8, 4) is 22.7 Å². The Kier molecular flexibility index (Phi) is 4.25. The molecule has 0 aliphatic carbocycles. The summed E-state index contributed by atoms with van der Waals surface area (Å²) in [5.74, 6) is 0.530. The van der Waals surface area contributed by atoms with E-state index in [1.807, 2.05) is 0 Å². The van der Waals surface area contributed by atoms with Gasteiger partial charge < -0.3 is 5.11 Å². The first-order valence-corrected chi connectivity index (χ1v) is 9.98. The van der Waals surface area contributed by atoms with Crippen LogP contribution in [0.3, 0.4) is 0 Å². The van der Waals surface area contributed by atoms with Gasteiger partial charge in [-0.3, -0.25) is 22.9 Å². The number of fused-ring (bicyclic) bond motifs is 3. The van der Waals surface area contributed by atoms with Crippen LogP contribution in [0.4, 0.5) is 0 Å². The summed E-state index contributed by atoms with van der Waals surface area (Å²) in [5.41, 5.74) is 1.64. The molecule has 0 spiro atoms. The highest BCUT2D eigenvalue weighted by atomic mass is 35.5. The minimum absolute atomic E-state index is 0.114. The Morgan fingerprint density at radius 1 is 0.968 bits per heavy atom. The summed E-state index contributed by atoms with van der Waals surface area (Å²) in [5, 5.41) is 10.7. The number of hydrogen-bond acceptors (Lipinski definition) is 4. The molecular weight excluding hydrogens is 441 g/mol. The van der Waals surface area contributed by atoms with Gasteiger partial charge in [-0.25, -0.2) is 4.79 Å². The molecule has 5 rings (SSSR count). The van der Waals surface area contributed by atoms with Crippen LogP contribution in [0.15, 0.2) is 58.3 Å². The second-order valence-electron chi connectivity index (χ2n) is 7.15. The van der Waals surface area contributed by atoms with E-state index in [2.05, 4.69) is 4.98 Å². The van der Waals surface area contributed by atoms with Gasteiger partial charge >= 0.3 is 5.69 Å². The maximum absolute atomic E-state index is 12.9.